The van der Waals surface area contributed by atoms with Gasteiger partial charge >= 0.3 is 5.97 Å². The van der Waals surface area contributed by atoms with Crippen LogP contribution in [0.2, 0.25) is 0 Å². The molecule has 0 amide bonds. The van der Waals surface area contributed by atoms with E-state index < -0.39 is 0 Å². The predicted octanol–water partition coefficient (Wildman–Crippen LogP) is 6.52. The molecule has 0 aromatic heterocycles. The van der Waals surface area contributed by atoms with Gasteiger partial charge in [0, 0.05) is 6.42 Å². The molecule has 0 radical (unpaired) electrons. The first-order valence-electron chi connectivity index (χ1n) is 9.70. The van der Waals surface area contributed by atoms with Crippen molar-refractivity contribution in [3.63, 3.8) is 0 Å². The summed E-state index contributed by atoms with van der Waals surface area (Å²) < 4.78 is 5.39. The van der Waals surface area contributed by atoms with Crippen LogP contribution in [0.5, 0.6) is 0 Å². The van der Waals surface area contributed by atoms with E-state index in [-0.39, 0.29) is 12.1 Å². The van der Waals surface area contributed by atoms with Gasteiger partial charge in [0.15, 0.2) is 0 Å². The van der Waals surface area contributed by atoms with Gasteiger partial charge in [0.05, 0.1) is 0 Å². The smallest absolute Gasteiger partial charge is 0.305 e. The normalized spacial score (nSPS) is 15.3. The monoisotopic (exact) mass is 312 g/mol. The third-order valence-corrected chi connectivity index (χ3v) is 4.81. The fourth-order valence-corrected chi connectivity index (χ4v) is 2.85. The lowest BCUT2D eigenvalue weighted by atomic mass is 9.92. The van der Waals surface area contributed by atoms with Gasteiger partial charge in [-0.15, -0.1) is 0 Å². The van der Waals surface area contributed by atoms with Crippen molar-refractivity contribution in [1.82, 2.24) is 0 Å². The molecule has 0 aliphatic carbocycles. The van der Waals surface area contributed by atoms with Gasteiger partial charge in [-0.2, -0.15) is 0 Å². The van der Waals surface area contributed by atoms with Crippen LogP contribution < -0.4 is 0 Å². The number of ether oxygens (including phenoxy) is 1. The molecule has 2 nitrogen and oxygen atoms in total. The summed E-state index contributed by atoms with van der Waals surface area (Å²) in [6, 6.07) is 0. The van der Waals surface area contributed by atoms with Gasteiger partial charge in [0.1, 0.15) is 6.10 Å². The summed E-state index contributed by atoms with van der Waals surface area (Å²) in [5.41, 5.74) is 0. The molecule has 0 aliphatic heterocycles. The second kappa shape index (κ2) is 14.1. The Bertz CT molecular complexity index is 262. The quantitative estimate of drug-likeness (QED) is 0.269. The Kier molecular flexibility index (Phi) is 13.7. The van der Waals surface area contributed by atoms with E-state index in [1.54, 1.807) is 0 Å². The lowest BCUT2D eigenvalue weighted by molar-refractivity contribution is -0.150. The number of rotatable bonds is 14. The third-order valence-electron chi connectivity index (χ3n) is 4.81. The van der Waals surface area contributed by atoms with Crippen molar-refractivity contribution in [2.75, 3.05) is 0 Å². The zero-order chi connectivity index (χ0) is 16.8. The first kappa shape index (κ1) is 21.5. The van der Waals surface area contributed by atoms with Gasteiger partial charge in [-0.1, -0.05) is 85.5 Å². The van der Waals surface area contributed by atoms with Gasteiger partial charge in [-0.3, -0.25) is 4.79 Å². The van der Waals surface area contributed by atoms with Crippen molar-refractivity contribution in [3.05, 3.63) is 0 Å². The van der Waals surface area contributed by atoms with E-state index >= 15 is 0 Å². The number of hydrogen-bond acceptors (Lipinski definition) is 2. The highest BCUT2D eigenvalue weighted by Gasteiger charge is 2.16. The Balaban J connectivity index is 3.57. The summed E-state index contributed by atoms with van der Waals surface area (Å²) in [5, 5.41) is 0. The lowest BCUT2D eigenvalue weighted by Gasteiger charge is -2.21. The molecule has 0 heterocycles. The molecule has 0 fully saturated rings. The number of carbonyl (C=O) groups is 1. The van der Waals surface area contributed by atoms with E-state index in [0.29, 0.717) is 12.3 Å². The maximum atomic E-state index is 11.3. The topological polar surface area (TPSA) is 26.3 Å². The van der Waals surface area contributed by atoms with Gasteiger partial charge in [-0.25, -0.2) is 0 Å². The average molecular weight is 313 g/mol. The molecule has 0 N–H and O–H groups in total. The summed E-state index contributed by atoms with van der Waals surface area (Å²) in [4.78, 5) is 11.3. The molecule has 0 spiro atoms. The highest BCUT2D eigenvalue weighted by Crippen LogP contribution is 2.21. The molecule has 3 atom stereocenters. The van der Waals surface area contributed by atoms with Crippen molar-refractivity contribution in [1.29, 1.82) is 0 Å². The maximum absolute atomic E-state index is 11.3. The Hall–Kier alpha value is -0.530. The highest BCUT2D eigenvalue weighted by atomic mass is 16.5. The first-order valence-corrected chi connectivity index (χ1v) is 9.70. The van der Waals surface area contributed by atoms with Crippen LogP contribution in [0.25, 0.3) is 0 Å². The van der Waals surface area contributed by atoms with Crippen LogP contribution in [0.15, 0.2) is 0 Å². The van der Waals surface area contributed by atoms with Crippen LogP contribution in [0.1, 0.15) is 105 Å². The van der Waals surface area contributed by atoms with Crippen molar-refractivity contribution < 1.29 is 9.53 Å². The molecule has 132 valence electrons. The van der Waals surface area contributed by atoms with Crippen LogP contribution >= 0.6 is 0 Å². The molecule has 0 aromatic carbocycles. The molecular formula is C20H40O2. The van der Waals surface area contributed by atoms with Gasteiger partial charge in [0.25, 0.3) is 0 Å². The van der Waals surface area contributed by atoms with E-state index in [1.807, 2.05) is 13.8 Å². The van der Waals surface area contributed by atoms with E-state index in [0.717, 1.165) is 5.92 Å². The molecule has 0 aromatic rings. The van der Waals surface area contributed by atoms with Crippen molar-refractivity contribution in [2.24, 2.45) is 11.8 Å². The molecule has 0 bridgehead atoms. The minimum atomic E-state index is -0.0733. The fraction of sp³-hybridized carbons (Fsp3) is 0.950. The molecule has 0 rings (SSSR count). The van der Waals surface area contributed by atoms with E-state index in [1.165, 1.54) is 64.2 Å². The standard InChI is InChI=1S/C20H40O2/c1-6-8-9-10-11-12-14-17(3)15-13-16-18(4)19(5)22-20(21)7-2/h17-19H,6-16H2,1-5H3. The number of hydrogen-bond donors (Lipinski definition) is 0. The highest BCUT2D eigenvalue weighted by molar-refractivity contribution is 5.69. The largest absolute Gasteiger partial charge is 0.462 e. The average Bonchev–Trinajstić information content (AvgIpc) is 2.50. The third kappa shape index (κ3) is 12.1. The summed E-state index contributed by atoms with van der Waals surface area (Å²) in [6.07, 6.45) is 14.0. The van der Waals surface area contributed by atoms with Crippen LogP contribution in [0, 0.1) is 11.8 Å². The van der Waals surface area contributed by atoms with Crippen LogP contribution in [0.4, 0.5) is 0 Å². The van der Waals surface area contributed by atoms with E-state index in [9.17, 15) is 4.79 Å². The molecule has 22 heavy (non-hydrogen) atoms. The lowest BCUT2D eigenvalue weighted by Crippen LogP contribution is -2.21. The van der Waals surface area contributed by atoms with E-state index in [4.69, 9.17) is 4.74 Å². The molecular weight excluding hydrogens is 272 g/mol. The SMILES string of the molecule is CCCCCCCCC(C)CCCC(C)C(C)OC(=O)CC. The van der Waals surface area contributed by atoms with Crippen LogP contribution in [-0.4, -0.2) is 12.1 Å². The second-order valence-corrected chi connectivity index (χ2v) is 7.12. The molecule has 2 heteroatoms. The van der Waals surface area contributed by atoms with Crippen molar-refractivity contribution in [2.45, 2.75) is 111 Å². The minimum Gasteiger partial charge on any atom is -0.462 e. The van der Waals surface area contributed by atoms with Crippen molar-refractivity contribution in [3.8, 4) is 0 Å². The minimum absolute atomic E-state index is 0.0568. The Morgan fingerprint density at radius 1 is 0.818 bits per heavy atom. The first-order chi connectivity index (χ1) is 10.5. The second-order valence-electron chi connectivity index (χ2n) is 7.12. The van der Waals surface area contributed by atoms with Crippen molar-refractivity contribution >= 4 is 5.97 Å². The zero-order valence-corrected chi connectivity index (χ0v) is 15.8. The summed E-state index contributed by atoms with van der Waals surface area (Å²) >= 11 is 0. The predicted molar refractivity (Wildman–Crippen MR) is 96.0 cm³/mol. The molecule has 0 saturated heterocycles. The number of unbranched alkanes of at least 4 members (excludes halogenated alkanes) is 5. The number of carbonyl (C=O) groups excluding carboxylic acids is 1. The molecule has 0 saturated carbocycles. The van der Waals surface area contributed by atoms with Gasteiger partial charge in [0.2, 0.25) is 0 Å². The summed E-state index contributed by atoms with van der Waals surface area (Å²) in [6.45, 7) is 10.7. The Labute approximate surface area is 139 Å². The van der Waals surface area contributed by atoms with Gasteiger partial charge < -0.3 is 4.74 Å². The van der Waals surface area contributed by atoms with Crippen LogP contribution in [-0.2, 0) is 9.53 Å². The number of esters is 1. The Morgan fingerprint density at radius 2 is 1.41 bits per heavy atom. The molecule has 0 aliphatic rings. The fourth-order valence-electron chi connectivity index (χ4n) is 2.85. The Morgan fingerprint density at radius 3 is 2.05 bits per heavy atom. The summed E-state index contributed by atoms with van der Waals surface area (Å²) in [5.74, 6) is 1.24. The van der Waals surface area contributed by atoms with Crippen LogP contribution in [0.3, 0.4) is 0 Å². The molecule has 3 unspecified atom stereocenters. The maximum Gasteiger partial charge on any atom is 0.305 e. The summed E-state index contributed by atoms with van der Waals surface area (Å²) in [7, 11) is 0. The van der Waals surface area contributed by atoms with E-state index in [2.05, 4.69) is 20.8 Å². The van der Waals surface area contributed by atoms with Gasteiger partial charge in [-0.05, 0) is 25.2 Å². The zero-order valence-electron chi connectivity index (χ0n) is 15.8.